The van der Waals surface area contributed by atoms with Crippen molar-refractivity contribution < 1.29 is 4.39 Å². The van der Waals surface area contributed by atoms with Crippen molar-refractivity contribution in [3.05, 3.63) is 68.4 Å². The van der Waals surface area contributed by atoms with E-state index in [1.54, 1.807) is 24.3 Å². The van der Waals surface area contributed by atoms with E-state index in [4.69, 9.17) is 34.8 Å². The van der Waals surface area contributed by atoms with Crippen LogP contribution in [0.4, 0.5) is 4.39 Å². The first-order valence-corrected chi connectivity index (χ1v) is 7.68. The van der Waals surface area contributed by atoms with Gasteiger partial charge in [-0.15, -0.1) is 0 Å². The van der Waals surface area contributed by atoms with E-state index in [1.807, 2.05) is 13.1 Å². The van der Waals surface area contributed by atoms with Crippen LogP contribution in [-0.4, -0.2) is 13.1 Å². The van der Waals surface area contributed by atoms with Crippen LogP contribution in [0.25, 0.3) is 0 Å². The van der Waals surface area contributed by atoms with Crippen LogP contribution in [0.15, 0.2) is 36.4 Å². The average Bonchev–Trinajstić information content (AvgIpc) is 2.43. The van der Waals surface area contributed by atoms with E-state index in [9.17, 15) is 4.39 Å². The first-order chi connectivity index (χ1) is 9.99. The first kappa shape index (κ1) is 16.6. The molecule has 0 heterocycles. The smallest absolute Gasteiger partial charge is 0.127 e. The molecule has 112 valence electrons. The number of rotatable bonds is 5. The second-order valence-electron chi connectivity index (χ2n) is 4.87. The molecule has 2 aromatic carbocycles. The van der Waals surface area contributed by atoms with E-state index in [2.05, 4.69) is 5.32 Å². The molecule has 0 aliphatic carbocycles. The zero-order chi connectivity index (χ0) is 15.4. The lowest BCUT2D eigenvalue weighted by Gasteiger charge is -2.18. The number of likely N-dealkylation sites (N-methyl/N-ethyl adjacent to an activating group) is 1. The van der Waals surface area contributed by atoms with E-state index in [0.717, 1.165) is 5.56 Å². The summed E-state index contributed by atoms with van der Waals surface area (Å²) >= 11 is 17.8. The molecule has 1 unspecified atom stereocenters. The molecule has 1 N–H and O–H groups in total. The number of nitrogens with one attached hydrogen (secondary N) is 1. The van der Waals surface area contributed by atoms with Gasteiger partial charge in [-0.1, -0.05) is 46.9 Å². The molecule has 21 heavy (non-hydrogen) atoms. The third kappa shape index (κ3) is 4.58. The number of hydrogen-bond acceptors (Lipinski definition) is 1. The Hall–Kier alpha value is -0.800. The van der Waals surface area contributed by atoms with Crippen molar-refractivity contribution in [2.45, 2.75) is 18.9 Å². The predicted molar refractivity (Wildman–Crippen MR) is 88.1 cm³/mol. The molecule has 0 aliphatic rings. The molecule has 0 saturated carbocycles. The van der Waals surface area contributed by atoms with Gasteiger partial charge in [-0.25, -0.2) is 4.39 Å². The lowest BCUT2D eigenvalue weighted by Crippen LogP contribution is -2.30. The molecular formula is C16H15Cl3FN. The maximum atomic E-state index is 13.9. The molecule has 0 saturated heterocycles. The lowest BCUT2D eigenvalue weighted by atomic mass is 9.99. The highest BCUT2D eigenvalue weighted by molar-refractivity contribution is 6.35. The molecule has 1 atom stereocenters. The van der Waals surface area contributed by atoms with Crippen LogP contribution in [-0.2, 0) is 12.8 Å². The highest BCUT2D eigenvalue weighted by Crippen LogP contribution is 2.23. The van der Waals surface area contributed by atoms with Gasteiger partial charge in [-0.05, 0) is 55.3 Å². The van der Waals surface area contributed by atoms with Gasteiger partial charge < -0.3 is 5.32 Å². The van der Waals surface area contributed by atoms with Gasteiger partial charge in [0, 0.05) is 21.1 Å². The van der Waals surface area contributed by atoms with E-state index in [-0.39, 0.29) is 11.9 Å². The molecule has 0 fully saturated rings. The summed E-state index contributed by atoms with van der Waals surface area (Å²) < 4.78 is 13.9. The summed E-state index contributed by atoms with van der Waals surface area (Å²) in [6.07, 6.45) is 1.24. The quantitative estimate of drug-likeness (QED) is 0.788. The van der Waals surface area contributed by atoms with Gasteiger partial charge >= 0.3 is 0 Å². The highest BCUT2D eigenvalue weighted by atomic mass is 35.5. The Morgan fingerprint density at radius 1 is 0.952 bits per heavy atom. The summed E-state index contributed by atoms with van der Waals surface area (Å²) in [5, 5.41) is 4.82. The van der Waals surface area contributed by atoms with E-state index >= 15 is 0 Å². The molecule has 5 heteroatoms. The summed E-state index contributed by atoms with van der Waals surface area (Å²) in [5.74, 6) is -0.287. The minimum Gasteiger partial charge on any atom is -0.316 e. The number of halogens is 4. The van der Waals surface area contributed by atoms with Crippen LogP contribution in [0.5, 0.6) is 0 Å². The van der Waals surface area contributed by atoms with Gasteiger partial charge in [0.05, 0.1) is 0 Å². The molecule has 0 amide bonds. The topological polar surface area (TPSA) is 12.0 Å². The third-order valence-corrected chi connectivity index (χ3v) is 4.19. The van der Waals surface area contributed by atoms with Gasteiger partial charge in [0.2, 0.25) is 0 Å². The standard InChI is InChI=1S/C16H15Cl3FN/c1-21-14(6-10-2-4-12(17)8-15(10)19)7-11-3-5-13(18)9-16(11)20/h2-5,8-9,14,21H,6-7H2,1H3. The van der Waals surface area contributed by atoms with E-state index < -0.39 is 0 Å². The van der Waals surface area contributed by atoms with Crippen molar-refractivity contribution in [1.29, 1.82) is 0 Å². The minimum atomic E-state index is -0.287. The molecule has 2 aromatic rings. The molecule has 2 rings (SSSR count). The Morgan fingerprint density at radius 2 is 1.52 bits per heavy atom. The van der Waals surface area contributed by atoms with Crippen LogP contribution in [0, 0.1) is 5.82 Å². The first-order valence-electron chi connectivity index (χ1n) is 6.54. The van der Waals surface area contributed by atoms with Crippen LogP contribution in [0.2, 0.25) is 15.1 Å². The largest absolute Gasteiger partial charge is 0.316 e. The average molecular weight is 347 g/mol. The Bertz CT molecular complexity index is 577. The van der Waals surface area contributed by atoms with Crippen LogP contribution in [0.3, 0.4) is 0 Å². The molecule has 1 nitrogen and oxygen atoms in total. The van der Waals surface area contributed by atoms with Crippen LogP contribution in [0.1, 0.15) is 11.1 Å². The van der Waals surface area contributed by atoms with Gasteiger partial charge in [-0.3, -0.25) is 0 Å². The summed E-state index contributed by atoms with van der Waals surface area (Å²) in [5.41, 5.74) is 1.61. The van der Waals surface area contributed by atoms with Gasteiger partial charge in [0.1, 0.15) is 5.82 Å². The summed E-state index contributed by atoms with van der Waals surface area (Å²) in [6.45, 7) is 0. The maximum Gasteiger partial charge on any atom is 0.127 e. The molecular weight excluding hydrogens is 332 g/mol. The fourth-order valence-electron chi connectivity index (χ4n) is 2.18. The summed E-state index contributed by atoms with van der Waals surface area (Å²) in [6, 6.07) is 10.2. The second-order valence-corrected chi connectivity index (χ2v) is 6.15. The van der Waals surface area contributed by atoms with Crippen LogP contribution < -0.4 is 5.32 Å². The minimum absolute atomic E-state index is 0.0688. The Morgan fingerprint density at radius 3 is 2.10 bits per heavy atom. The number of benzene rings is 2. The predicted octanol–water partition coefficient (Wildman–Crippen LogP) is 5.16. The van der Waals surface area contributed by atoms with E-state index in [1.165, 1.54) is 6.07 Å². The van der Waals surface area contributed by atoms with Crippen molar-refractivity contribution in [2.75, 3.05) is 7.05 Å². The SMILES string of the molecule is CNC(Cc1ccc(Cl)cc1F)Cc1ccc(Cl)cc1Cl. The lowest BCUT2D eigenvalue weighted by molar-refractivity contribution is 0.532. The Labute approximate surface area is 139 Å². The fraction of sp³-hybridized carbons (Fsp3) is 0.250. The highest BCUT2D eigenvalue weighted by Gasteiger charge is 2.13. The molecule has 0 radical (unpaired) electrons. The van der Waals surface area contributed by atoms with Crippen molar-refractivity contribution in [3.8, 4) is 0 Å². The second kappa shape index (κ2) is 7.46. The third-order valence-electron chi connectivity index (χ3n) is 3.37. The van der Waals surface area contributed by atoms with Crippen molar-refractivity contribution >= 4 is 34.8 Å². The normalized spacial score (nSPS) is 12.4. The molecule has 0 spiro atoms. The zero-order valence-corrected chi connectivity index (χ0v) is 13.7. The van der Waals surface area contributed by atoms with Crippen LogP contribution >= 0.6 is 34.8 Å². The summed E-state index contributed by atoms with van der Waals surface area (Å²) in [7, 11) is 1.85. The Kier molecular flexibility index (Phi) is 5.88. The van der Waals surface area contributed by atoms with Crippen molar-refractivity contribution in [2.24, 2.45) is 0 Å². The monoisotopic (exact) mass is 345 g/mol. The van der Waals surface area contributed by atoms with Gasteiger partial charge in [-0.2, -0.15) is 0 Å². The van der Waals surface area contributed by atoms with Crippen molar-refractivity contribution in [1.82, 2.24) is 5.32 Å². The number of hydrogen-bond donors (Lipinski definition) is 1. The van der Waals surface area contributed by atoms with Crippen molar-refractivity contribution in [3.63, 3.8) is 0 Å². The van der Waals surface area contributed by atoms with E-state index in [0.29, 0.717) is 33.5 Å². The van der Waals surface area contributed by atoms with Gasteiger partial charge in [0.25, 0.3) is 0 Å². The zero-order valence-electron chi connectivity index (χ0n) is 11.5. The Balaban J connectivity index is 2.13. The summed E-state index contributed by atoms with van der Waals surface area (Å²) in [4.78, 5) is 0. The molecule has 0 aromatic heterocycles. The van der Waals surface area contributed by atoms with Gasteiger partial charge in [0.15, 0.2) is 0 Å². The maximum absolute atomic E-state index is 13.9. The molecule has 0 aliphatic heterocycles. The fourth-order valence-corrected chi connectivity index (χ4v) is 2.83. The molecule has 0 bridgehead atoms.